The Balaban J connectivity index is 2.71. The van der Waals surface area contributed by atoms with Crippen molar-refractivity contribution in [1.82, 2.24) is 4.98 Å². The van der Waals surface area contributed by atoms with Crippen molar-refractivity contribution in [3.63, 3.8) is 0 Å². The summed E-state index contributed by atoms with van der Waals surface area (Å²) < 4.78 is 0. The molecule has 1 aromatic rings. The number of aryl methyl sites for hydroxylation is 1. The van der Waals surface area contributed by atoms with Crippen LogP contribution in [0.5, 0.6) is 0 Å². The highest BCUT2D eigenvalue weighted by atomic mass is 16.4. The van der Waals surface area contributed by atoms with Crippen LogP contribution in [0.3, 0.4) is 0 Å². The molecule has 1 unspecified atom stereocenters. The maximum atomic E-state index is 10.3. The zero-order valence-electron chi connectivity index (χ0n) is 6.87. The zero-order valence-corrected chi connectivity index (χ0v) is 6.87. The van der Waals surface area contributed by atoms with E-state index in [1.165, 1.54) is 0 Å². The van der Waals surface area contributed by atoms with Crippen LogP contribution in [0.4, 0.5) is 0 Å². The second-order valence-corrected chi connectivity index (χ2v) is 2.78. The number of aliphatic carboxylic acids is 1. The maximum Gasteiger partial charge on any atom is 0.305 e. The van der Waals surface area contributed by atoms with Crippen LogP contribution in [0.15, 0.2) is 12.3 Å². The van der Waals surface area contributed by atoms with Crippen molar-refractivity contribution in [1.29, 1.82) is 0 Å². The molecule has 1 aromatic heterocycles. The third-order valence-corrected chi connectivity index (χ3v) is 1.76. The van der Waals surface area contributed by atoms with E-state index in [1.54, 1.807) is 6.20 Å². The molecule has 0 aromatic carbocycles. The van der Waals surface area contributed by atoms with E-state index in [4.69, 9.17) is 10.8 Å². The number of nitrogens with one attached hydrogen (secondary N) is 1. The molecule has 0 fully saturated rings. The monoisotopic (exact) mass is 168 g/mol. The summed E-state index contributed by atoms with van der Waals surface area (Å²) in [6.45, 7) is 1.90. The predicted octanol–water partition coefficient (Wildman–Crippen LogP) is 0.798. The Morgan fingerprint density at radius 3 is 2.92 bits per heavy atom. The summed E-state index contributed by atoms with van der Waals surface area (Å²) in [6.07, 6.45) is 1.72. The van der Waals surface area contributed by atoms with Crippen molar-refractivity contribution >= 4 is 5.97 Å². The number of nitrogens with two attached hydrogens (primary N) is 1. The van der Waals surface area contributed by atoms with Crippen molar-refractivity contribution in [3.8, 4) is 0 Å². The zero-order chi connectivity index (χ0) is 9.14. The lowest BCUT2D eigenvalue weighted by Gasteiger charge is -2.07. The van der Waals surface area contributed by atoms with Gasteiger partial charge in [0.1, 0.15) is 0 Å². The van der Waals surface area contributed by atoms with Crippen molar-refractivity contribution in [3.05, 3.63) is 23.5 Å². The van der Waals surface area contributed by atoms with Crippen molar-refractivity contribution < 1.29 is 9.90 Å². The maximum absolute atomic E-state index is 10.3. The molecule has 1 atom stereocenters. The van der Waals surface area contributed by atoms with Gasteiger partial charge in [-0.15, -0.1) is 0 Å². The summed E-state index contributed by atoms with van der Waals surface area (Å²) >= 11 is 0. The molecule has 0 aliphatic carbocycles. The Bertz CT molecular complexity index is 280. The Morgan fingerprint density at radius 1 is 1.83 bits per heavy atom. The van der Waals surface area contributed by atoms with Gasteiger partial charge < -0.3 is 15.8 Å². The van der Waals surface area contributed by atoms with Crippen LogP contribution in [-0.4, -0.2) is 16.1 Å². The standard InChI is InChI=1S/C8H12N2O2/c1-5-2-3-10-8(5)6(9)4-7(11)12/h2-3,6,10H,4,9H2,1H3,(H,11,12). The fourth-order valence-corrected chi connectivity index (χ4v) is 1.15. The van der Waals surface area contributed by atoms with Gasteiger partial charge in [-0.25, -0.2) is 0 Å². The fraction of sp³-hybridized carbons (Fsp3) is 0.375. The quantitative estimate of drug-likeness (QED) is 0.624. The van der Waals surface area contributed by atoms with Gasteiger partial charge in [0.25, 0.3) is 0 Å². The number of H-pyrrole nitrogens is 1. The van der Waals surface area contributed by atoms with Crippen molar-refractivity contribution in [2.75, 3.05) is 0 Å². The lowest BCUT2D eigenvalue weighted by molar-refractivity contribution is -0.137. The van der Waals surface area contributed by atoms with Crippen LogP contribution in [-0.2, 0) is 4.79 Å². The molecular weight excluding hydrogens is 156 g/mol. The average Bonchev–Trinajstić information content (AvgIpc) is 2.33. The first-order valence-corrected chi connectivity index (χ1v) is 3.72. The van der Waals surface area contributed by atoms with Crippen LogP contribution in [0.1, 0.15) is 23.7 Å². The molecular formula is C8H12N2O2. The Morgan fingerprint density at radius 2 is 2.50 bits per heavy atom. The number of rotatable bonds is 3. The summed E-state index contributed by atoms with van der Waals surface area (Å²) in [5, 5.41) is 8.48. The Kier molecular flexibility index (Phi) is 2.50. The largest absolute Gasteiger partial charge is 0.481 e. The number of carboxylic acid groups (broad SMARTS) is 1. The molecule has 4 N–H and O–H groups in total. The second kappa shape index (κ2) is 3.40. The van der Waals surface area contributed by atoms with E-state index in [-0.39, 0.29) is 6.42 Å². The molecule has 0 aliphatic rings. The van der Waals surface area contributed by atoms with E-state index in [9.17, 15) is 4.79 Å². The Labute approximate surface area is 70.4 Å². The lowest BCUT2D eigenvalue weighted by atomic mass is 10.1. The SMILES string of the molecule is Cc1cc[nH]c1C(N)CC(=O)O. The predicted molar refractivity (Wildman–Crippen MR) is 44.7 cm³/mol. The highest BCUT2D eigenvalue weighted by Crippen LogP contribution is 2.15. The molecule has 1 rings (SSSR count). The van der Waals surface area contributed by atoms with E-state index in [0.29, 0.717) is 0 Å². The summed E-state index contributed by atoms with van der Waals surface area (Å²) in [4.78, 5) is 13.2. The first-order chi connectivity index (χ1) is 5.61. The van der Waals surface area contributed by atoms with E-state index >= 15 is 0 Å². The second-order valence-electron chi connectivity index (χ2n) is 2.78. The Hall–Kier alpha value is -1.29. The number of carboxylic acids is 1. The van der Waals surface area contributed by atoms with Crippen LogP contribution in [0, 0.1) is 6.92 Å². The number of aromatic nitrogens is 1. The van der Waals surface area contributed by atoms with Gasteiger partial charge >= 0.3 is 5.97 Å². The molecule has 0 saturated carbocycles. The first-order valence-electron chi connectivity index (χ1n) is 3.72. The minimum Gasteiger partial charge on any atom is -0.481 e. The number of hydrogen-bond donors (Lipinski definition) is 3. The van der Waals surface area contributed by atoms with Gasteiger partial charge in [-0.05, 0) is 18.6 Å². The van der Waals surface area contributed by atoms with Crippen LogP contribution in [0.25, 0.3) is 0 Å². The van der Waals surface area contributed by atoms with E-state index in [2.05, 4.69) is 4.98 Å². The van der Waals surface area contributed by atoms with Crippen molar-refractivity contribution in [2.24, 2.45) is 5.73 Å². The van der Waals surface area contributed by atoms with Crippen LogP contribution in [0.2, 0.25) is 0 Å². The number of aromatic amines is 1. The van der Waals surface area contributed by atoms with Gasteiger partial charge in [0, 0.05) is 11.9 Å². The summed E-state index contributed by atoms with van der Waals surface area (Å²) in [7, 11) is 0. The molecule has 0 saturated heterocycles. The molecule has 0 amide bonds. The lowest BCUT2D eigenvalue weighted by Crippen LogP contribution is -2.16. The minimum absolute atomic E-state index is 0.0403. The summed E-state index contributed by atoms with van der Waals surface area (Å²) in [6, 6.07) is 1.44. The van der Waals surface area contributed by atoms with E-state index in [0.717, 1.165) is 11.3 Å². The molecule has 1 heterocycles. The first kappa shape index (κ1) is 8.80. The van der Waals surface area contributed by atoms with Crippen LogP contribution >= 0.6 is 0 Å². The molecule has 4 heteroatoms. The molecule has 12 heavy (non-hydrogen) atoms. The molecule has 0 radical (unpaired) electrons. The molecule has 4 nitrogen and oxygen atoms in total. The molecule has 0 spiro atoms. The molecule has 66 valence electrons. The fourth-order valence-electron chi connectivity index (χ4n) is 1.15. The minimum atomic E-state index is -0.878. The highest BCUT2D eigenvalue weighted by Gasteiger charge is 2.12. The smallest absolute Gasteiger partial charge is 0.305 e. The third-order valence-electron chi connectivity index (χ3n) is 1.76. The van der Waals surface area contributed by atoms with Crippen molar-refractivity contribution in [2.45, 2.75) is 19.4 Å². The van der Waals surface area contributed by atoms with Gasteiger partial charge in [0.05, 0.1) is 12.5 Å². The van der Waals surface area contributed by atoms with Gasteiger partial charge in [0.15, 0.2) is 0 Å². The highest BCUT2D eigenvalue weighted by molar-refractivity contribution is 5.67. The van der Waals surface area contributed by atoms with E-state index < -0.39 is 12.0 Å². The van der Waals surface area contributed by atoms with E-state index in [1.807, 2.05) is 13.0 Å². The normalized spacial score (nSPS) is 12.8. The molecule has 0 bridgehead atoms. The molecule has 0 aliphatic heterocycles. The third kappa shape index (κ3) is 1.85. The van der Waals surface area contributed by atoms with Crippen LogP contribution < -0.4 is 5.73 Å². The van der Waals surface area contributed by atoms with Gasteiger partial charge in [-0.1, -0.05) is 0 Å². The number of hydrogen-bond acceptors (Lipinski definition) is 2. The summed E-state index contributed by atoms with van der Waals surface area (Å²) in [5.74, 6) is -0.878. The topological polar surface area (TPSA) is 79.1 Å². The average molecular weight is 168 g/mol. The van der Waals surface area contributed by atoms with Gasteiger partial charge in [0.2, 0.25) is 0 Å². The number of carbonyl (C=O) groups is 1. The summed E-state index contributed by atoms with van der Waals surface area (Å²) in [5.41, 5.74) is 7.44. The van der Waals surface area contributed by atoms with Gasteiger partial charge in [-0.3, -0.25) is 4.79 Å². The van der Waals surface area contributed by atoms with Gasteiger partial charge in [-0.2, -0.15) is 0 Å².